The van der Waals surface area contributed by atoms with Crippen molar-refractivity contribution in [1.29, 1.82) is 0 Å². The zero-order chi connectivity index (χ0) is 19.3. The summed E-state index contributed by atoms with van der Waals surface area (Å²) in [5.74, 6) is 0.426. The van der Waals surface area contributed by atoms with Crippen LogP contribution >= 0.6 is 0 Å². The minimum atomic E-state index is -3.48. The van der Waals surface area contributed by atoms with Crippen LogP contribution in [0.2, 0.25) is 0 Å². The molecule has 1 saturated heterocycles. The van der Waals surface area contributed by atoms with E-state index < -0.39 is 10.0 Å². The van der Waals surface area contributed by atoms with Gasteiger partial charge < -0.3 is 14.6 Å². The van der Waals surface area contributed by atoms with E-state index in [1.54, 1.807) is 30.5 Å². The van der Waals surface area contributed by atoms with Gasteiger partial charge in [-0.3, -0.25) is 9.10 Å². The van der Waals surface area contributed by atoms with Gasteiger partial charge in [-0.2, -0.15) is 0 Å². The molecule has 1 amide bonds. The summed E-state index contributed by atoms with van der Waals surface area (Å²) in [6, 6.07) is 11.0. The Morgan fingerprint density at radius 1 is 1.19 bits per heavy atom. The van der Waals surface area contributed by atoms with E-state index in [0.717, 1.165) is 25.0 Å². The van der Waals surface area contributed by atoms with Crippen LogP contribution in [0.5, 0.6) is 0 Å². The van der Waals surface area contributed by atoms with Gasteiger partial charge in [-0.1, -0.05) is 0 Å². The van der Waals surface area contributed by atoms with Crippen LogP contribution in [0.25, 0.3) is 0 Å². The lowest BCUT2D eigenvalue weighted by Gasteiger charge is -2.24. The number of nitrogens with one attached hydrogen (secondary N) is 1. The monoisotopic (exact) mass is 391 g/mol. The molecule has 1 aliphatic heterocycles. The number of amides is 1. The predicted molar refractivity (Wildman–Crippen MR) is 105 cm³/mol. The first-order chi connectivity index (χ1) is 12.9. The largest absolute Gasteiger partial charge is 0.467 e. The van der Waals surface area contributed by atoms with Crippen LogP contribution in [-0.2, 0) is 21.4 Å². The summed E-state index contributed by atoms with van der Waals surface area (Å²) in [5.41, 5.74) is 1.67. The Morgan fingerprint density at radius 3 is 2.48 bits per heavy atom. The molecule has 8 heteroatoms. The molecule has 0 spiro atoms. The van der Waals surface area contributed by atoms with Crippen LogP contribution in [-0.4, -0.2) is 40.2 Å². The first-order valence-corrected chi connectivity index (χ1v) is 10.9. The van der Waals surface area contributed by atoms with E-state index in [4.69, 9.17) is 4.42 Å². The van der Waals surface area contributed by atoms with Gasteiger partial charge in [-0.25, -0.2) is 8.42 Å². The average Bonchev–Trinajstić information content (AvgIpc) is 3.33. The molecule has 0 aliphatic carbocycles. The van der Waals surface area contributed by atoms with Gasteiger partial charge in [0.15, 0.2) is 0 Å². The Morgan fingerprint density at radius 2 is 1.89 bits per heavy atom. The molecule has 3 rings (SSSR count). The van der Waals surface area contributed by atoms with Gasteiger partial charge in [0.2, 0.25) is 15.9 Å². The maximum atomic E-state index is 12.2. The summed E-state index contributed by atoms with van der Waals surface area (Å²) < 4.78 is 30.8. The fourth-order valence-electron chi connectivity index (χ4n) is 3.18. The number of carbonyl (C=O) groups excluding carboxylic acids is 1. The SMILES string of the molecule is CS(=O)(=O)N(CCC(=O)NCc1ccco1)c1ccc(N2CCCC2)cc1. The van der Waals surface area contributed by atoms with Gasteiger partial charge in [-0.05, 0) is 49.2 Å². The molecule has 1 N–H and O–H groups in total. The van der Waals surface area contributed by atoms with Crippen LogP contribution in [0.15, 0.2) is 47.1 Å². The van der Waals surface area contributed by atoms with E-state index in [9.17, 15) is 13.2 Å². The van der Waals surface area contributed by atoms with Crippen molar-refractivity contribution >= 4 is 27.3 Å². The number of hydrogen-bond acceptors (Lipinski definition) is 5. The van der Waals surface area contributed by atoms with Crippen molar-refractivity contribution < 1.29 is 17.6 Å². The minimum absolute atomic E-state index is 0.0711. The second-order valence-electron chi connectivity index (χ2n) is 6.65. The van der Waals surface area contributed by atoms with Crippen LogP contribution in [0, 0.1) is 0 Å². The summed E-state index contributed by atoms with van der Waals surface area (Å²) in [6.07, 6.45) is 5.14. The van der Waals surface area contributed by atoms with Crippen molar-refractivity contribution in [2.24, 2.45) is 0 Å². The standard InChI is InChI=1S/C19H25N3O4S/c1-27(24,25)22(13-10-19(23)20-15-18-5-4-14-26-18)17-8-6-16(7-9-17)21-11-2-3-12-21/h4-9,14H,2-3,10-13,15H2,1H3,(H,20,23). The number of nitrogens with zero attached hydrogens (tertiary/aromatic N) is 2. The maximum Gasteiger partial charge on any atom is 0.232 e. The molecule has 0 atom stereocenters. The number of benzene rings is 1. The predicted octanol–water partition coefficient (Wildman–Crippen LogP) is 2.35. The molecule has 2 aromatic rings. The molecule has 146 valence electrons. The molecular weight excluding hydrogens is 366 g/mol. The highest BCUT2D eigenvalue weighted by molar-refractivity contribution is 7.92. The van der Waals surface area contributed by atoms with E-state index in [-0.39, 0.29) is 25.4 Å². The van der Waals surface area contributed by atoms with E-state index >= 15 is 0 Å². The summed E-state index contributed by atoms with van der Waals surface area (Å²) in [5, 5.41) is 2.73. The van der Waals surface area contributed by atoms with Gasteiger partial charge >= 0.3 is 0 Å². The molecule has 27 heavy (non-hydrogen) atoms. The lowest BCUT2D eigenvalue weighted by molar-refractivity contribution is -0.121. The number of carbonyl (C=O) groups is 1. The fraction of sp³-hybridized carbons (Fsp3) is 0.421. The molecule has 0 saturated carbocycles. The molecule has 1 aromatic carbocycles. The van der Waals surface area contributed by atoms with Crippen molar-refractivity contribution in [1.82, 2.24) is 5.32 Å². The third kappa shape index (κ3) is 5.26. The van der Waals surface area contributed by atoms with Crippen molar-refractivity contribution in [2.75, 3.05) is 35.1 Å². The smallest absolute Gasteiger partial charge is 0.232 e. The zero-order valence-corrected chi connectivity index (χ0v) is 16.2. The summed E-state index contributed by atoms with van der Waals surface area (Å²) >= 11 is 0. The van der Waals surface area contributed by atoms with Crippen LogP contribution in [0.1, 0.15) is 25.0 Å². The Kier molecular flexibility index (Phi) is 6.05. The van der Waals surface area contributed by atoms with E-state index in [1.165, 1.54) is 17.1 Å². The number of hydrogen-bond donors (Lipinski definition) is 1. The Bertz CT molecular complexity index is 842. The molecule has 1 aliphatic rings. The normalized spacial score (nSPS) is 14.3. The third-order valence-corrected chi connectivity index (χ3v) is 5.79. The first-order valence-electron chi connectivity index (χ1n) is 9.05. The summed E-state index contributed by atoms with van der Waals surface area (Å²) in [4.78, 5) is 14.3. The van der Waals surface area contributed by atoms with Crippen molar-refractivity contribution in [2.45, 2.75) is 25.8 Å². The highest BCUT2D eigenvalue weighted by Gasteiger charge is 2.19. The fourth-order valence-corrected chi connectivity index (χ4v) is 4.11. The first kappa shape index (κ1) is 19.3. The van der Waals surface area contributed by atoms with Crippen LogP contribution < -0.4 is 14.5 Å². The van der Waals surface area contributed by atoms with E-state index in [2.05, 4.69) is 10.2 Å². The van der Waals surface area contributed by atoms with Gasteiger partial charge in [-0.15, -0.1) is 0 Å². The molecule has 0 radical (unpaired) electrons. The highest BCUT2D eigenvalue weighted by Crippen LogP contribution is 2.25. The molecule has 1 fully saturated rings. The number of furan rings is 1. The van der Waals surface area contributed by atoms with Crippen molar-refractivity contribution in [3.63, 3.8) is 0 Å². The van der Waals surface area contributed by atoms with E-state index in [1.807, 2.05) is 12.1 Å². The van der Waals surface area contributed by atoms with E-state index in [0.29, 0.717) is 11.4 Å². The topological polar surface area (TPSA) is 82.9 Å². The quantitative estimate of drug-likeness (QED) is 0.747. The number of sulfonamides is 1. The van der Waals surface area contributed by atoms with Crippen LogP contribution in [0.4, 0.5) is 11.4 Å². The minimum Gasteiger partial charge on any atom is -0.467 e. The third-order valence-electron chi connectivity index (χ3n) is 4.59. The Labute approximate surface area is 160 Å². The molecular formula is C19H25N3O4S. The summed E-state index contributed by atoms with van der Waals surface area (Å²) in [6.45, 7) is 2.44. The second kappa shape index (κ2) is 8.47. The van der Waals surface area contributed by atoms with Gasteiger partial charge in [0, 0.05) is 31.7 Å². The molecule has 2 heterocycles. The van der Waals surface area contributed by atoms with Crippen molar-refractivity contribution in [3.8, 4) is 0 Å². The van der Waals surface area contributed by atoms with Crippen molar-refractivity contribution in [3.05, 3.63) is 48.4 Å². The average molecular weight is 391 g/mol. The van der Waals surface area contributed by atoms with Gasteiger partial charge in [0.25, 0.3) is 0 Å². The maximum absolute atomic E-state index is 12.2. The van der Waals surface area contributed by atoms with Crippen LogP contribution in [0.3, 0.4) is 0 Å². The number of anilines is 2. The molecule has 0 unspecified atom stereocenters. The molecule has 0 bridgehead atoms. The van der Waals surface area contributed by atoms with Gasteiger partial charge in [0.05, 0.1) is 24.8 Å². The lowest BCUT2D eigenvalue weighted by Crippen LogP contribution is -2.34. The zero-order valence-electron chi connectivity index (χ0n) is 15.4. The molecule has 1 aromatic heterocycles. The van der Waals surface area contributed by atoms with Gasteiger partial charge in [0.1, 0.15) is 5.76 Å². The Balaban J connectivity index is 1.61. The summed E-state index contributed by atoms with van der Waals surface area (Å²) in [7, 11) is -3.48. The lowest BCUT2D eigenvalue weighted by atomic mass is 10.2. The molecule has 7 nitrogen and oxygen atoms in total. The Hall–Kier alpha value is -2.48. The number of rotatable bonds is 8. The highest BCUT2D eigenvalue weighted by atomic mass is 32.2. The second-order valence-corrected chi connectivity index (χ2v) is 8.56.